The molecule has 0 radical (unpaired) electrons. The standard InChI is InChI=1S/C80H66N2/c1-78(2,3)60-48-58(49-61(52-60)79(4,5)6)65-31-20-22-55-23-21-32-71(77(55)65)69-30-16-18-34-74(69)81(64-44-38-54(39-45-64)57-41-47-70-68-29-15-19-35-75(68)82(76(70)51-57)62-26-12-9-13-27-62)63-42-36-53(37-43-63)56-40-46-67-66-28-14-17-33-72(66)80(7,73(67)50-56)59-24-10-8-11-25-59/h8-52H,1-7H3. The van der Waals surface area contributed by atoms with Crippen LogP contribution >= 0.6 is 0 Å². The van der Waals surface area contributed by atoms with Gasteiger partial charge in [0.05, 0.1) is 16.7 Å². The average molecular weight is 1060 g/mol. The molecule has 12 aromatic carbocycles. The molecule has 0 fully saturated rings. The Morgan fingerprint density at radius 1 is 0.341 bits per heavy atom. The number of hydrogen-bond donors (Lipinski definition) is 0. The molecule has 1 aliphatic carbocycles. The van der Waals surface area contributed by atoms with E-state index in [1.54, 1.807) is 0 Å². The van der Waals surface area contributed by atoms with Crippen LogP contribution in [0.5, 0.6) is 0 Å². The summed E-state index contributed by atoms with van der Waals surface area (Å²) < 4.78 is 2.40. The third-order valence-electron chi connectivity index (χ3n) is 17.6. The zero-order valence-electron chi connectivity index (χ0n) is 47.9. The maximum absolute atomic E-state index is 2.46. The van der Waals surface area contributed by atoms with Crippen LogP contribution in [-0.2, 0) is 16.2 Å². The van der Waals surface area contributed by atoms with Crippen molar-refractivity contribution in [2.45, 2.75) is 64.7 Å². The average Bonchev–Trinajstić information content (AvgIpc) is 4.20. The van der Waals surface area contributed by atoms with Gasteiger partial charge >= 0.3 is 0 Å². The minimum atomic E-state index is -0.284. The number of nitrogens with zero attached hydrogens (tertiary/aromatic N) is 2. The number of anilines is 3. The second-order valence-electron chi connectivity index (χ2n) is 24.7. The number of benzene rings is 12. The fourth-order valence-electron chi connectivity index (χ4n) is 13.1. The fraction of sp³-hybridized carbons (Fsp3) is 0.125. The van der Waals surface area contributed by atoms with Crippen LogP contribution in [0.4, 0.5) is 17.1 Å². The summed E-state index contributed by atoms with van der Waals surface area (Å²) in [6, 6.07) is 102. The third kappa shape index (κ3) is 8.56. The molecule has 2 nitrogen and oxygen atoms in total. The van der Waals surface area contributed by atoms with Crippen molar-refractivity contribution >= 4 is 49.6 Å². The van der Waals surface area contributed by atoms with Crippen LogP contribution in [0.2, 0.25) is 0 Å². The third-order valence-corrected chi connectivity index (χ3v) is 17.6. The van der Waals surface area contributed by atoms with Crippen LogP contribution in [0, 0.1) is 0 Å². The lowest BCUT2D eigenvalue weighted by Gasteiger charge is -2.29. The van der Waals surface area contributed by atoms with Gasteiger partial charge in [0.1, 0.15) is 0 Å². The predicted octanol–water partition coefficient (Wildman–Crippen LogP) is 22.0. The van der Waals surface area contributed by atoms with E-state index in [2.05, 4.69) is 331 Å². The topological polar surface area (TPSA) is 8.17 Å². The smallest absolute Gasteiger partial charge is 0.0547 e. The highest BCUT2D eigenvalue weighted by Crippen LogP contribution is 2.54. The molecule has 0 saturated heterocycles. The molecule has 0 amide bonds. The summed E-state index contributed by atoms with van der Waals surface area (Å²) in [6.07, 6.45) is 0. The van der Waals surface area contributed by atoms with Gasteiger partial charge < -0.3 is 9.47 Å². The molecule has 2 heteroatoms. The van der Waals surface area contributed by atoms with Crippen molar-refractivity contribution in [1.82, 2.24) is 4.57 Å². The molecule has 0 aliphatic heterocycles. The molecular formula is C80H66N2. The molecule has 14 rings (SSSR count). The molecule has 396 valence electrons. The van der Waals surface area contributed by atoms with Crippen molar-refractivity contribution in [2.75, 3.05) is 4.90 Å². The monoisotopic (exact) mass is 1050 g/mol. The van der Waals surface area contributed by atoms with Crippen molar-refractivity contribution in [2.24, 2.45) is 0 Å². The van der Waals surface area contributed by atoms with Crippen molar-refractivity contribution < 1.29 is 0 Å². The maximum Gasteiger partial charge on any atom is 0.0547 e. The molecule has 0 spiro atoms. The van der Waals surface area contributed by atoms with Crippen LogP contribution in [-0.4, -0.2) is 4.57 Å². The van der Waals surface area contributed by atoms with E-state index in [0.29, 0.717) is 0 Å². The highest BCUT2D eigenvalue weighted by Gasteiger charge is 2.40. The zero-order chi connectivity index (χ0) is 55.9. The molecule has 1 aliphatic rings. The van der Waals surface area contributed by atoms with Gasteiger partial charge in [-0.25, -0.2) is 0 Å². The molecular weight excluding hydrogens is 989 g/mol. The molecule has 0 saturated carbocycles. The summed E-state index contributed by atoms with van der Waals surface area (Å²) in [5, 5.41) is 4.96. The SMILES string of the molecule is CC(C)(C)c1cc(-c2cccc3cccc(-c4ccccc4N(c4ccc(-c5ccc6c(c5)C(C)(c5ccccc5)c5ccccc5-6)cc4)c4ccc(-c5ccc6c7ccccc7n(-c7ccccc7)c6c5)cc4)c23)cc(C(C)(C)C)c1. The second kappa shape index (κ2) is 19.6. The Labute approximate surface area is 483 Å². The number of hydrogen-bond acceptors (Lipinski definition) is 1. The van der Waals surface area contributed by atoms with Gasteiger partial charge in [0.25, 0.3) is 0 Å². The molecule has 13 aromatic rings. The van der Waals surface area contributed by atoms with Crippen LogP contribution in [0.1, 0.15) is 76.3 Å². The van der Waals surface area contributed by atoms with Gasteiger partial charge in [0, 0.05) is 38.8 Å². The molecule has 1 unspecified atom stereocenters. The van der Waals surface area contributed by atoms with Crippen LogP contribution in [0.15, 0.2) is 273 Å². The summed E-state index contributed by atoms with van der Waals surface area (Å²) in [6.45, 7) is 16.4. The lowest BCUT2D eigenvalue weighted by Crippen LogP contribution is -2.22. The van der Waals surface area contributed by atoms with E-state index in [0.717, 1.165) is 33.9 Å². The largest absolute Gasteiger partial charge is 0.310 e. The highest BCUT2D eigenvalue weighted by atomic mass is 15.1. The first-order valence-corrected chi connectivity index (χ1v) is 29.0. The molecule has 0 N–H and O–H groups in total. The van der Waals surface area contributed by atoms with Gasteiger partial charge in [0.2, 0.25) is 0 Å². The predicted molar refractivity (Wildman–Crippen MR) is 350 cm³/mol. The Bertz CT molecular complexity index is 4530. The molecule has 82 heavy (non-hydrogen) atoms. The Kier molecular flexibility index (Phi) is 12.1. The molecule has 1 atom stereocenters. The summed E-state index contributed by atoms with van der Waals surface area (Å²) >= 11 is 0. The van der Waals surface area contributed by atoms with E-state index < -0.39 is 0 Å². The van der Waals surface area contributed by atoms with Crippen molar-refractivity contribution in [3.05, 3.63) is 301 Å². The second-order valence-corrected chi connectivity index (χ2v) is 24.7. The normalized spacial score (nSPS) is 14.1. The lowest BCUT2D eigenvalue weighted by atomic mass is 9.74. The maximum atomic E-state index is 2.46. The van der Waals surface area contributed by atoms with Crippen LogP contribution in [0.3, 0.4) is 0 Å². The number of para-hydroxylation sites is 3. The quantitative estimate of drug-likeness (QED) is 0.140. The van der Waals surface area contributed by atoms with Gasteiger partial charge in [-0.15, -0.1) is 0 Å². The first-order chi connectivity index (χ1) is 39.8. The molecule has 1 heterocycles. The van der Waals surface area contributed by atoms with E-state index in [-0.39, 0.29) is 16.2 Å². The van der Waals surface area contributed by atoms with Crippen molar-refractivity contribution in [3.63, 3.8) is 0 Å². The Balaban J connectivity index is 0.920. The number of aromatic nitrogens is 1. The minimum Gasteiger partial charge on any atom is -0.310 e. The van der Waals surface area contributed by atoms with E-state index >= 15 is 0 Å². The van der Waals surface area contributed by atoms with E-state index in [9.17, 15) is 0 Å². The summed E-state index contributed by atoms with van der Waals surface area (Å²) in [4.78, 5) is 2.46. The van der Waals surface area contributed by atoms with Gasteiger partial charge in [-0.05, 0) is 167 Å². The van der Waals surface area contributed by atoms with Gasteiger partial charge in [0.15, 0.2) is 0 Å². The zero-order valence-corrected chi connectivity index (χ0v) is 47.9. The van der Waals surface area contributed by atoms with E-state index in [1.165, 1.54) is 105 Å². The van der Waals surface area contributed by atoms with E-state index in [4.69, 9.17) is 0 Å². The first-order valence-electron chi connectivity index (χ1n) is 29.0. The Hall–Kier alpha value is -9.50. The number of rotatable bonds is 9. The Morgan fingerprint density at radius 2 is 0.854 bits per heavy atom. The highest BCUT2D eigenvalue weighted by molar-refractivity contribution is 6.11. The van der Waals surface area contributed by atoms with Gasteiger partial charge in [-0.1, -0.05) is 254 Å². The van der Waals surface area contributed by atoms with Crippen LogP contribution < -0.4 is 4.90 Å². The van der Waals surface area contributed by atoms with Gasteiger partial charge in [-0.3, -0.25) is 0 Å². The van der Waals surface area contributed by atoms with E-state index in [1.807, 2.05) is 0 Å². The first kappa shape index (κ1) is 50.7. The molecule has 0 bridgehead atoms. The minimum absolute atomic E-state index is 0.0221. The van der Waals surface area contributed by atoms with Crippen LogP contribution in [0.25, 0.3) is 93.9 Å². The summed E-state index contributed by atoms with van der Waals surface area (Å²) in [5.74, 6) is 0. The van der Waals surface area contributed by atoms with Gasteiger partial charge in [-0.2, -0.15) is 0 Å². The molecule has 1 aromatic heterocycles. The number of fused-ring (bicyclic) bond motifs is 7. The lowest BCUT2D eigenvalue weighted by molar-refractivity contribution is 0.569. The fourth-order valence-corrected chi connectivity index (χ4v) is 13.1. The van der Waals surface area contributed by atoms with Crippen molar-refractivity contribution in [3.8, 4) is 61.3 Å². The summed E-state index contributed by atoms with van der Waals surface area (Å²) in [5.41, 5.74) is 25.3. The summed E-state index contributed by atoms with van der Waals surface area (Å²) in [7, 11) is 0. The Morgan fingerprint density at radius 3 is 1.52 bits per heavy atom. The van der Waals surface area contributed by atoms with Crippen molar-refractivity contribution in [1.29, 1.82) is 0 Å².